The summed E-state index contributed by atoms with van der Waals surface area (Å²) in [6.07, 6.45) is 4.52. The van der Waals surface area contributed by atoms with E-state index in [1.165, 1.54) is 0 Å². The monoisotopic (exact) mass is 263 g/mol. The highest BCUT2D eigenvalue weighted by Crippen LogP contribution is 2.25. The van der Waals surface area contributed by atoms with Crippen molar-refractivity contribution in [1.29, 1.82) is 0 Å². The number of rotatable bonds is 4. The first-order chi connectivity index (χ1) is 9.10. The van der Waals surface area contributed by atoms with E-state index < -0.39 is 0 Å². The molecule has 5 nitrogen and oxygen atoms in total. The van der Waals surface area contributed by atoms with E-state index in [9.17, 15) is 0 Å². The first-order valence-electron chi connectivity index (χ1n) is 7.18. The maximum Gasteiger partial charge on any atom is 0.134 e. The average molecular weight is 263 g/mol. The minimum Gasteiger partial charge on any atom is -0.370 e. The molecule has 1 aromatic rings. The molecule has 1 aliphatic rings. The number of hydrogen-bond donors (Lipinski definition) is 2. The zero-order valence-corrected chi connectivity index (χ0v) is 12.2. The Labute approximate surface area is 115 Å². The van der Waals surface area contributed by atoms with Crippen molar-refractivity contribution in [2.75, 3.05) is 23.8 Å². The molecule has 0 aliphatic heterocycles. The quantitative estimate of drug-likeness (QED) is 0.868. The lowest BCUT2D eigenvalue weighted by Gasteiger charge is -2.34. The predicted molar refractivity (Wildman–Crippen MR) is 79.6 cm³/mol. The summed E-state index contributed by atoms with van der Waals surface area (Å²) in [6, 6.07) is 2.96. The number of hydrogen-bond acceptors (Lipinski definition) is 5. The van der Waals surface area contributed by atoms with Gasteiger partial charge in [0.05, 0.1) is 0 Å². The number of nitrogens with two attached hydrogens (primary N) is 1. The second-order valence-corrected chi connectivity index (χ2v) is 5.37. The fourth-order valence-electron chi connectivity index (χ4n) is 2.68. The Bertz CT molecular complexity index is 412. The molecule has 0 spiro atoms. The zero-order valence-electron chi connectivity index (χ0n) is 12.2. The summed E-state index contributed by atoms with van der Waals surface area (Å²) >= 11 is 0. The van der Waals surface area contributed by atoms with Crippen LogP contribution in [0.5, 0.6) is 0 Å². The second-order valence-electron chi connectivity index (χ2n) is 5.37. The molecule has 2 rings (SSSR count). The SMILES string of the molecule is CCNc1cc(N(C)C2CCC(N)CC2)nc(C)n1. The minimum absolute atomic E-state index is 0.383. The van der Waals surface area contributed by atoms with Crippen molar-refractivity contribution in [3.63, 3.8) is 0 Å². The number of aromatic nitrogens is 2. The van der Waals surface area contributed by atoms with E-state index in [1.807, 2.05) is 13.0 Å². The number of nitrogens with one attached hydrogen (secondary N) is 1. The molecule has 0 amide bonds. The van der Waals surface area contributed by atoms with Crippen molar-refractivity contribution in [2.24, 2.45) is 5.73 Å². The fourth-order valence-corrected chi connectivity index (χ4v) is 2.68. The molecule has 0 unspecified atom stereocenters. The van der Waals surface area contributed by atoms with Gasteiger partial charge in [-0.3, -0.25) is 0 Å². The topological polar surface area (TPSA) is 67.1 Å². The largest absolute Gasteiger partial charge is 0.370 e. The molecule has 1 fully saturated rings. The summed E-state index contributed by atoms with van der Waals surface area (Å²) in [7, 11) is 2.12. The molecular weight excluding hydrogens is 238 g/mol. The van der Waals surface area contributed by atoms with Crippen molar-refractivity contribution in [3.05, 3.63) is 11.9 Å². The van der Waals surface area contributed by atoms with E-state index in [0.717, 1.165) is 49.7 Å². The molecule has 0 atom stereocenters. The van der Waals surface area contributed by atoms with E-state index in [1.54, 1.807) is 0 Å². The van der Waals surface area contributed by atoms with Crippen LogP contribution in [0.15, 0.2) is 6.07 Å². The van der Waals surface area contributed by atoms with Crippen molar-refractivity contribution >= 4 is 11.6 Å². The third-order valence-electron chi connectivity index (χ3n) is 3.83. The average Bonchev–Trinajstić information content (AvgIpc) is 2.38. The van der Waals surface area contributed by atoms with Gasteiger partial charge in [-0.2, -0.15) is 0 Å². The Hall–Kier alpha value is -1.36. The summed E-state index contributed by atoms with van der Waals surface area (Å²) in [4.78, 5) is 11.2. The third-order valence-corrected chi connectivity index (χ3v) is 3.83. The molecule has 1 aromatic heterocycles. The highest BCUT2D eigenvalue weighted by Gasteiger charge is 2.23. The highest BCUT2D eigenvalue weighted by molar-refractivity contribution is 5.49. The molecule has 1 saturated carbocycles. The van der Waals surface area contributed by atoms with Crippen LogP contribution >= 0.6 is 0 Å². The van der Waals surface area contributed by atoms with Crippen LogP contribution in [0.25, 0.3) is 0 Å². The maximum atomic E-state index is 5.97. The normalized spacial score (nSPS) is 23.2. The van der Waals surface area contributed by atoms with Crippen molar-refractivity contribution in [1.82, 2.24) is 9.97 Å². The van der Waals surface area contributed by atoms with Gasteiger partial charge in [0.15, 0.2) is 0 Å². The first-order valence-corrected chi connectivity index (χ1v) is 7.18. The molecule has 1 aliphatic carbocycles. The first kappa shape index (κ1) is 14.1. The van der Waals surface area contributed by atoms with Gasteiger partial charge in [0.1, 0.15) is 17.5 Å². The van der Waals surface area contributed by atoms with Crippen LogP contribution in [0.3, 0.4) is 0 Å². The molecule has 0 aromatic carbocycles. The van der Waals surface area contributed by atoms with Gasteiger partial charge in [-0.05, 0) is 39.5 Å². The second kappa shape index (κ2) is 6.19. The van der Waals surface area contributed by atoms with E-state index in [4.69, 9.17) is 5.73 Å². The molecule has 0 radical (unpaired) electrons. The summed E-state index contributed by atoms with van der Waals surface area (Å²) in [5, 5.41) is 3.26. The maximum absolute atomic E-state index is 5.97. The number of anilines is 2. The molecular formula is C14H25N5. The van der Waals surface area contributed by atoms with Crippen LogP contribution in [0.2, 0.25) is 0 Å². The van der Waals surface area contributed by atoms with Crippen LogP contribution in [-0.2, 0) is 0 Å². The van der Waals surface area contributed by atoms with Crippen molar-refractivity contribution < 1.29 is 0 Å². The summed E-state index contributed by atoms with van der Waals surface area (Å²) in [5.74, 6) is 2.72. The molecule has 0 bridgehead atoms. The van der Waals surface area contributed by atoms with Gasteiger partial charge in [-0.25, -0.2) is 9.97 Å². The van der Waals surface area contributed by atoms with Crippen LogP contribution in [0.1, 0.15) is 38.4 Å². The third kappa shape index (κ3) is 3.56. The van der Waals surface area contributed by atoms with Gasteiger partial charge in [0, 0.05) is 31.7 Å². The van der Waals surface area contributed by atoms with E-state index >= 15 is 0 Å². The molecule has 1 heterocycles. The highest BCUT2D eigenvalue weighted by atomic mass is 15.2. The van der Waals surface area contributed by atoms with Crippen LogP contribution in [-0.4, -0.2) is 35.6 Å². The summed E-state index contributed by atoms with van der Waals surface area (Å²) in [5.41, 5.74) is 5.97. The van der Waals surface area contributed by atoms with Crippen LogP contribution < -0.4 is 16.0 Å². The van der Waals surface area contributed by atoms with Crippen molar-refractivity contribution in [2.45, 2.75) is 51.6 Å². The standard InChI is InChI=1S/C14H25N5/c1-4-16-13-9-14(18-10(2)17-13)19(3)12-7-5-11(15)6-8-12/h9,11-12H,4-8,15H2,1-3H3,(H,16,17,18). The predicted octanol–water partition coefficient (Wildman–Crippen LogP) is 1.92. The number of aryl methyl sites for hydroxylation is 1. The van der Waals surface area contributed by atoms with Gasteiger partial charge in [-0.1, -0.05) is 0 Å². The molecule has 106 valence electrons. The molecule has 0 saturated heterocycles. The molecule has 3 N–H and O–H groups in total. The lowest BCUT2D eigenvalue weighted by molar-refractivity contribution is 0.383. The summed E-state index contributed by atoms with van der Waals surface area (Å²) in [6.45, 7) is 4.89. The Balaban J connectivity index is 2.11. The van der Waals surface area contributed by atoms with Gasteiger partial charge in [0.25, 0.3) is 0 Å². The molecule has 5 heteroatoms. The Morgan fingerprint density at radius 1 is 1.32 bits per heavy atom. The van der Waals surface area contributed by atoms with Crippen LogP contribution in [0, 0.1) is 6.92 Å². The minimum atomic E-state index is 0.383. The number of nitrogens with zero attached hydrogens (tertiary/aromatic N) is 3. The lowest BCUT2D eigenvalue weighted by Crippen LogP contribution is -2.39. The van der Waals surface area contributed by atoms with Gasteiger partial charge in [0.2, 0.25) is 0 Å². The van der Waals surface area contributed by atoms with E-state index in [0.29, 0.717) is 12.1 Å². The van der Waals surface area contributed by atoms with E-state index in [2.05, 4.69) is 34.2 Å². The van der Waals surface area contributed by atoms with Gasteiger partial charge in [-0.15, -0.1) is 0 Å². The summed E-state index contributed by atoms with van der Waals surface area (Å²) < 4.78 is 0. The molecule has 19 heavy (non-hydrogen) atoms. The fraction of sp³-hybridized carbons (Fsp3) is 0.714. The van der Waals surface area contributed by atoms with Gasteiger partial charge < -0.3 is 16.0 Å². The van der Waals surface area contributed by atoms with Crippen LogP contribution in [0.4, 0.5) is 11.6 Å². The Morgan fingerprint density at radius 2 is 2.00 bits per heavy atom. The van der Waals surface area contributed by atoms with Crippen molar-refractivity contribution in [3.8, 4) is 0 Å². The Kier molecular flexibility index (Phi) is 4.58. The smallest absolute Gasteiger partial charge is 0.134 e. The lowest BCUT2D eigenvalue weighted by atomic mass is 9.91. The van der Waals surface area contributed by atoms with Gasteiger partial charge >= 0.3 is 0 Å². The zero-order chi connectivity index (χ0) is 13.8. The van der Waals surface area contributed by atoms with E-state index in [-0.39, 0.29) is 0 Å². The Morgan fingerprint density at radius 3 is 2.63 bits per heavy atom.